The number of carbonyl (C=O) groups excluding carboxylic acids is 1. The zero-order chi connectivity index (χ0) is 24.0. The number of nitrogens with zero attached hydrogens (tertiary/aromatic N) is 2. The summed E-state index contributed by atoms with van der Waals surface area (Å²) in [5.74, 6) is -4.93. The van der Waals surface area contributed by atoms with Crippen LogP contribution in [0.5, 0.6) is 0 Å². The van der Waals surface area contributed by atoms with E-state index >= 15 is 0 Å². The van der Waals surface area contributed by atoms with Crippen LogP contribution in [0.15, 0.2) is 46.1 Å². The maximum absolute atomic E-state index is 12.4. The van der Waals surface area contributed by atoms with Crippen molar-refractivity contribution in [1.82, 2.24) is 4.90 Å². The Kier molecular flexibility index (Phi) is 8.48. The zero-order valence-corrected chi connectivity index (χ0v) is 19.1. The lowest BCUT2D eigenvalue weighted by Crippen LogP contribution is -2.36. The zero-order valence-electron chi connectivity index (χ0n) is 19.1. The topological polar surface area (TPSA) is 117 Å². The molecule has 32 heavy (non-hydrogen) atoms. The predicted octanol–water partition coefficient (Wildman–Crippen LogP) is 3.20. The number of hydrogen-bond donors (Lipinski definition) is 2. The molecule has 0 aromatic heterocycles. The van der Waals surface area contributed by atoms with Gasteiger partial charge in [-0.3, -0.25) is 9.79 Å². The first-order valence-electron chi connectivity index (χ1n) is 10.5. The number of benzene rings is 1. The molecule has 0 aliphatic carbocycles. The molecule has 2 rings (SSSR count). The van der Waals surface area contributed by atoms with Crippen LogP contribution in [-0.4, -0.2) is 66.0 Å². The molecule has 172 valence electrons. The molecule has 8 nitrogen and oxygen atoms in total. The van der Waals surface area contributed by atoms with Crippen molar-refractivity contribution in [1.29, 1.82) is 0 Å². The van der Waals surface area contributed by atoms with Crippen LogP contribution >= 0.6 is 0 Å². The van der Waals surface area contributed by atoms with Crippen molar-refractivity contribution >= 4 is 29.7 Å². The van der Waals surface area contributed by atoms with Crippen molar-refractivity contribution in [3.8, 4) is 0 Å². The molecule has 1 heterocycles. The van der Waals surface area contributed by atoms with Gasteiger partial charge in [0, 0.05) is 23.7 Å². The summed E-state index contributed by atoms with van der Waals surface area (Å²) in [6.07, 6.45) is 2.06. The van der Waals surface area contributed by atoms with Gasteiger partial charge >= 0.3 is 17.9 Å². The van der Waals surface area contributed by atoms with Crippen LogP contribution in [0.25, 0.3) is 6.08 Å². The average molecular weight is 443 g/mol. The van der Waals surface area contributed by atoms with E-state index in [-0.39, 0.29) is 18.7 Å². The minimum atomic E-state index is -1.21. The molecule has 1 aromatic carbocycles. The van der Waals surface area contributed by atoms with Gasteiger partial charge in [0.1, 0.15) is 5.92 Å². The van der Waals surface area contributed by atoms with Crippen molar-refractivity contribution in [3.63, 3.8) is 0 Å². The third-order valence-corrected chi connectivity index (χ3v) is 5.26. The van der Waals surface area contributed by atoms with Crippen molar-refractivity contribution in [2.24, 2.45) is 10.9 Å². The summed E-state index contributed by atoms with van der Waals surface area (Å²) in [6.45, 7) is 5.63. The highest BCUT2D eigenvalue weighted by Crippen LogP contribution is 2.41. The Morgan fingerprint density at radius 1 is 1.16 bits per heavy atom. The molecule has 1 aliphatic heterocycles. The summed E-state index contributed by atoms with van der Waals surface area (Å²) < 4.78 is 5.12. The Morgan fingerprint density at radius 3 is 2.34 bits per heavy atom. The normalized spacial score (nSPS) is 19.1. The fourth-order valence-corrected chi connectivity index (χ4v) is 3.91. The first-order chi connectivity index (χ1) is 15.1. The Morgan fingerprint density at radius 2 is 1.81 bits per heavy atom. The van der Waals surface area contributed by atoms with E-state index in [4.69, 9.17) is 4.74 Å². The van der Waals surface area contributed by atoms with Crippen LogP contribution in [0.3, 0.4) is 0 Å². The van der Waals surface area contributed by atoms with E-state index < -0.39 is 29.7 Å². The summed E-state index contributed by atoms with van der Waals surface area (Å²) in [5, 5.41) is 20.1. The molecule has 0 radical (unpaired) electrons. The summed E-state index contributed by atoms with van der Waals surface area (Å²) in [5.41, 5.74) is 2.12. The van der Waals surface area contributed by atoms with Gasteiger partial charge in [0.25, 0.3) is 0 Å². The predicted molar refractivity (Wildman–Crippen MR) is 122 cm³/mol. The number of carboxylic acids is 2. The van der Waals surface area contributed by atoms with Crippen LogP contribution in [0.2, 0.25) is 0 Å². The number of carboxylic acid groups (broad SMARTS) is 2. The van der Waals surface area contributed by atoms with Crippen LogP contribution in [0, 0.1) is 5.92 Å². The molecule has 0 spiro atoms. The van der Waals surface area contributed by atoms with E-state index in [0.29, 0.717) is 34.5 Å². The van der Waals surface area contributed by atoms with Gasteiger partial charge in [0.2, 0.25) is 0 Å². The molecule has 8 heteroatoms. The first-order valence-corrected chi connectivity index (χ1v) is 10.5. The Bertz CT molecular complexity index is 990. The fraction of sp³-hybridized carbons (Fsp3) is 0.417. The van der Waals surface area contributed by atoms with Gasteiger partial charge < -0.3 is 19.8 Å². The number of aliphatic carboxylic acids is 2. The van der Waals surface area contributed by atoms with Gasteiger partial charge in [-0.1, -0.05) is 31.2 Å². The van der Waals surface area contributed by atoms with E-state index in [9.17, 15) is 24.6 Å². The van der Waals surface area contributed by atoms with Gasteiger partial charge in [-0.05, 0) is 51.6 Å². The third-order valence-electron chi connectivity index (χ3n) is 5.26. The van der Waals surface area contributed by atoms with Crippen molar-refractivity contribution < 1.29 is 29.3 Å². The number of ether oxygens (including phenoxy) is 1. The largest absolute Gasteiger partial charge is 0.481 e. The summed E-state index contributed by atoms with van der Waals surface area (Å²) in [7, 11) is 3.58. The van der Waals surface area contributed by atoms with E-state index in [1.807, 2.05) is 6.92 Å². The standard InChI is InChI=1S/C24H30N2O6/c1-6-15(24(31)32-7-2)12-16-10-8-9-11-17(16)20-19(22(27)28)14(3)25-18(13-26(4)5)21(20)23(29)30/h8-12,19-20H,6-7,13H2,1-5H3,(H,27,28)(H,29,30). The van der Waals surface area contributed by atoms with Crippen molar-refractivity contribution in [3.05, 3.63) is 52.2 Å². The second kappa shape index (κ2) is 10.9. The van der Waals surface area contributed by atoms with Crippen LogP contribution in [0.1, 0.15) is 44.2 Å². The lowest BCUT2D eigenvalue weighted by molar-refractivity contribution is -0.140. The van der Waals surface area contributed by atoms with E-state index in [2.05, 4.69) is 4.99 Å². The van der Waals surface area contributed by atoms with Gasteiger partial charge in [-0.15, -0.1) is 0 Å². The van der Waals surface area contributed by atoms with E-state index in [0.717, 1.165) is 0 Å². The molecule has 2 atom stereocenters. The SMILES string of the molecule is CCOC(=O)C(=Cc1ccccc1C1C(C(=O)O)=C(CN(C)C)N=C(C)C1C(=O)O)CC. The second-order valence-electron chi connectivity index (χ2n) is 7.82. The highest BCUT2D eigenvalue weighted by atomic mass is 16.5. The Hall–Kier alpha value is -3.26. The highest BCUT2D eigenvalue weighted by Gasteiger charge is 2.42. The minimum Gasteiger partial charge on any atom is -0.481 e. The third kappa shape index (κ3) is 5.50. The highest BCUT2D eigenvalue weighted by molar-refractivity contribution is 6.06. The number of hydrogen-bond acceptors (Lipinski definition) is 6. The van der Waals surface area contributed by atoms with Crippen LogP contribution in [0.4, 0.5) is 0 Å². The number of rotatable bonds is 9. The quantitative estimate of drug-likeness (QED) is 0.445. The summed E-state index contributed by atoms with van der Waals surface area (Å²) >= 11 is 0. The minimum absolute atomic E-state index is 0.0493. The lowest BCUT2D eigenvalue weighted by atomic mass is 9.74. The Balaban J connectivity index is 2.78. The average Bonchev–Trinajstić information content (AvgIpc) is 2.70. The van der Waals surface area contributed by atoms with Crippen LogP contribution < -0.4 is 0 Å². The lowest BCUT2D eigenvalue weighted by Gasteiger charge is -2.32. The first kappa shape index (κ1) is 25.0. The second-order valence-corrected chi connectivity index (χ2v) is 7.82. The molecular weight excluding hydrogens is 412 g/mol. The molecule has 1 aliphatic rings. The number of likely N-dealkylation sites (N-methyl/N-ethyl adjacent to an activating group) is 1. The van der Waals surface area contributed by atoms with Crippen molar-refractivity contribution in [2.45, 2.75) is 33.1 Å². The molecular formula is C24H30N2O6. The molecule has 2 unspecified atom stereocenters. The van der Waals surface area contributed by atoms with Gasteiger partial charge in [-0.2, -0.15) is 0 Å². The molecule has 0 saturated carbocycles. The van der Waals surface area contributed by atoms with Gasteiger partial charge in [0.05, 0.1) is 17.9 Å². The molecule has 0 fully saturated rings. The Labute approximate surface area is 187 Å². The fourth-order valence-electron chi connectivity index (χ4n) is 3.91. The molecule has 2 N–H and O–H groups in total. The summed E-state index contributed by atoms with van der Waals surface area (Å²) in [6, 6.07) is 6.95. The number of carbonyl (C=O) groups is 3. The van der Waals surface area contributed by atoms with E-state index in [1.165, 1.54) is 0 Å². The van der Waals surface area contributed by atoms with E-state index in [1.54, 1.807) is 63.2 Å². The number of aliphatic imine (C=N–C) groups is 1. The van der Waals surface area contributed by atoms with Gasteiger partial charge in [-0.25, -0.2) is 9.59 Å². The molecule has 0 amide bonds. The van der Waals surface area contributed by atoms with Crippen molar-refractivity contribution in [2.75, 3.05) is 27.2 Å². The maximum Gasteiger partial charge on any atom is 0.334 e. The summed E-state index contributed by atoms with van der Waals surface area (Å²) in [4.78, 5) is 43.1. The molecule has 0 bridgehead atoms. The van der Waals surface area contributed by atoms with Crippen LogP contribution in [-0.2, 0) is 19.1 Å². The number of esters is 1. The molecule has 0 saturated heterocycles. The monoisotopic (exact) mass is 442 g/mol. The maximum atomic E-state index is 12.4. The van der Waals surface area contributed by atoms with Gasteiger partial charge in [0.15, 0.2) is 0 Å². The smallest absolute Gasteiger partial charge is 0.334 e. The molecule has 1 aromatic rings.